The molecule has 0 amide bonds. The van der Waals surface area contributed by atoms with E-state index in [0.717, 1.165) is 11.6 Å². The summed E-state index contributed by atoms with van der Waals surface area (Å²) in [5.74, 6) is 0.0263. The van der Waals surface area contributed by atoms with E-state index in [2.05, 4.69) is 12.2 Å². The fraction of sp³-hybridized carbons (Fsp3) is 0.462. The van der Waals surface area contributed by atoms with Crippen molar-refractivity contribution in [2.75, 3.05) is 5.32 Å². The van der Waals surface area contributed by atoms with E-state index in [9.17, 15) is 4.79 Å². The lowest BCUT2D eigenvalue weighted by molar-refractivity contribution is 0.0697. The van der Waals surface area contributed by atoms with Crippen molar-refractivity contribution < 1.29 is 9.90 Å². The van der Waals surface area contributed by atoms with E-state index in [1.54, 1.807) is 12.1 Å². The van der Waals surface area contributed by atoms with Crippen molar-refractivity contribution >= 4 is 11.7 Å². The van der Waals surface area contributed by atoms with Gasteiger partial charge in [0.25, 0.3) is 0 Å². The molecule has 1 aliphatic rings. The number of nitrogens with one attached hydrogen (secondary N) is 1. The number of benzene rings is 1. The standard InChI is InChI=1S/C13H17NO2/c1-9(8-10-2-3-10)14-12-6-4-11(5-7-12)13(15)16/h4-7,9-10,14H,2-3,8H2,1H3,(H,15,16). The van der Waals surface area contributed by atoms with Gasteiger partial charge in [0, 0.05) is 11.7 Å². The van der Waals surface area contributed by atoms with Gasteiger partial charge in [0.15, 0.2) is 0 Å². The first-order chi connectivity index (χ1) is 7.65. The number of anilines is 1. The maximum absolute atomic E-state index is 10.7. The highest BCUT2D eigenvalue weighted by molar-refractivity contribution is 5.87. The summed E-state index contributed by atoms with van der Waals surface area (Å²) in [6.45, 7) is 2.17. The van der Waals surface area contributed by atoms with Crippen LogP contribution < -0.4 is 5.32 Å². The number of aromatic carboxylic acids is 1. The summed E-state index contributed by atoms with van der Waals surface area (Å²) in [5.41, 5.74) is 1.33. The zero-order valence-corrected chi connectivity index (χ0v) is 9.44. The Morgan fingerprint density at radius 2 is 2.06 bits per heavy atom. The van der Waals surface area contributed by atoms with Crippen LogP contribution in [0.25, 0.3) is 0 Å². The first-order valence-corrected chi connectivity index (χ1v) is 5.75. The van der Waals surface area contributed by atoms with Crippen LogP contribution in [-0.2, 0) is 0 Å². The Morgan fingerprint density at radius 1 is 1.44 bits per heavy atom. The molecule has 3 heteroatoms. The van der Waals surface area contributed by atoms with E-state index in [0.29, 0.717) is 11.6 Å². The Balaban J connectivity index is 1.90. The maximum Gasteiger partial charge on any atom is 0.335 e. The Hall–Kier alpha value is -1.51. The molecule has 1 fully saturated rings. The monoisotopic (exact) mass is 219 g/mol. The van der Waals surface area contributed by atoms with Gasteiger partial charge in [-0.05, 0) is 43.5 Å². The number of rotatable bonds is 5. The highest BCUT2D eigenvalue weighted by atomic mass is 16.4. The van der Waals surface area contributed by atoms with Gasteiger partial charge in [-0.25, -0.2) is 4.79 Å². The second-order valence-corrected chi connectivity index (χ2v) is 4.61. The van der Waals surface area contributed by atoms with Gasteiger partial charge < -0.3 is 10.4 Å². The lowest BCUT2D eigenvalue weighted by Gasteiger charge is -2.14. The third-order valence-corrected chi connectivity index (χ3v) is 2.93. The third kappa shape index (κ3) is 2.99. The second-order valence-electron chi connectivity index (χ2n) is 4.61. The molecule has 1 atom stereocenters. The molecule has 0 radical (unpaired) electrons. The Morgan fingerprint density at radius 3 is 2.56 bits per heavy atom. The minimum atomic E-state index is -0.877. The zero-order chi connectivity index (χ0) is 11.5. The van der Waals surface area contributed by atoms with Gasteiger partial charge in [-0.3, -0.25) is 0 Å². The smallest absolute Gasteiger partial charge is 0.335 e. The summed E-state index contributed by atoms with van der Waals surface area (Å²) < 4.78 is 0. The molecule has 86 valence electrons. The van der Waals surface area contributed by atoms with Crippen molar-refractivity contribution in [2.45, 2.75) is 32.2 Å². The Bertz CT molecular complexity index is 368. The SMILES string of the molecule is CC(CC1CC1)Nc1ccc(C(=O)O)cc1. The highest BCUT2D eigenvalue weighted by Gasteiger charge is 2.23. The van der Waals surface area contributed by atoms with Gasteiger partial charge in [0.1, 0.15) is 0 Å². The highest BCUT2D eigenvalue weighted by Crippen LogP contribution is 2.34. The molecule has 1 aromatic carbocycles. The van der Waals surface area contributed by atoms with Crippen molar-refractivity contribution in [3.63, 3.8) is 0 Å². The molecule has 16 heavy (non-hydrogen) atoms. The summed E-state index contributed by atoms with van der Waals surface area (Å²) in [5, 5.41) is 12.2. The molecule has 2 rings (SSSR count). The van der Waals surface area contributed by atoms with Crippen molar-refractivity contribution in [3.8, 4) is 0 Å². The molecule has 0 aromatic heterocycles. The number of carboxylic acid groups (broad SMARTS) is 1. The average molecular weight is 219 g/mol. The van der Waals surface area contributed by atoms with Crippen LogP contribution in [0.4, 0.5) is 5.69 Å². The molecule has 0 aliphatic heterocycles. The van der Waals surface area contributed by atoms with Crippen molar-refractivity contribution in [1.29, 1.82) is 0 Å². The fourth-order valence-corrected chi connectivity index (χ4v) is 1.91. The Kier molecular flexibility index (Phi) is 3.13. The van der Waals surface area contributed by atoms with Gasteiger partial charge in [0.05, 0.1) is 5.56 Å². The number of carboxylic acids is 1. The summed E-state index contributed by atoms with van der Waals surface area (Å²) in [4.78, 5) is 10.7. The van der Waals surface area contributed by atoms with Crippen LogP contribution >= 0.6 is 0 Å². The number of hydrogen-bond acceptors (Lipinski definition) is 2. The van der Waals surface area contributed by atoms with Crippen LogP contribution in [0.5, 0.6) is 0 Å². The molecule has 1 saturated carbocycles. The summed E-state index contributed by atoms with van der Waals surface area (Å²) in [7, 11) is 0. The van der Waals surface area contributed by atoms with Crippen molar-refractivity contribution in [1.82, 2.24) is 0 Å². The second kappa shape index (κ2) is 4.56. The molecule has 0 heterocycles. The molecule has 0 bridgehead atoms. The molecule has 1 aromatic rings. The quantitative estimate of drug-likeness (QED) is 0.800. The molecule has 0 saturated heterocycles. The van der Waals surface area contributed by atoms with Crippen LogP contribution in [0, 0.1) is 5.92 Å². The minimum Gasteiger partial charge on any atom is -0.478 e. The molecular weight excluding hydrogens is 202 g/mol. The molecule has 2 N–H and O–H groups in total. The van der Waals surface area contributed by atoms with Crippen LogP contribution in [0.2, 0.25) is 0 Å². The van der Waals surface area contributed by atoms with Crippen molar-refractivity contribution in [2.24, 2.45) is 5.92 Å². The minimum absolute atomic E-state index is 0.334. The lowest BCUT2D eigenvalue weighted by Crippen LogP contribution is -2.15. The topological polar surface area (TPSA) is 49.3 Å². The maximum atomic E-state index is 10.7. The predicted molar refractivity (Wildman–Crippen MR) is 63.8 cm³/mol. The van der Waals surface area contributed by atoms with E-state index >= 15 is 0 Å². The summed E-state index contributed by atoms with van der Waals surface area (Å²) >= 11 is 0. The first kappa shape index (κ1) is 11.0. The predicted octanol–water partition coefficient (Wildman–Crippen LogP) is 2.99. The van der Waals surface area contributed by atoms with Crippen LogP contribution in [-0.4, -0.2) is 17.1 Å². The van der Waals surface area contributed by atoms with Crippen LogP contribution in [0.3, 0.4) is 0 Å². The molecule has 1 aliphatic carbocycles. The number of carbonyl (C=O) groups is 1. The average Bonchev–Trinajstić information content (AvgIpc) is 3.02. The molecular formula is C13H17NO2. The van der Waals surface area contributed by atoms with Gasteiger partial charge in [0.2, 0.25) is 0 Å². The normalized spacial score (nSPS) is 16.8. The van der Waals surface area contributed by atoms with Crippen molar-refractivity contribution in [3.05, 3.63) is 29.8 Å². The Labute approximate surface area is 95.5 Å². The summed E-state index contributed by atoms with van der Waals surface area (Å²) in [6, 6.07) is 7.38. The van der Waals surface area contributed by atoms with E-state index in [1.807, 2.05) is 12.1 Å². The number of hydrogen-bond donors (Lipinski definition) is 2. The first-order valence-electron chi connectivity index (χ1n) is 5.75. The van der Waals surface area contributed by atoms with Gasteiger partial charge in [-0.15, -0.1) is 0 Å². The van der Waals surface area contributed by atoms with E-state index in [-0.39, 0.29) is 0 Å². The largest absolute Gasteiger partial charge is 0.478 e. The van der Waals surface area contributed by atoms with Crippen LogP contribution in [0.15, 0.2) is 24.3 Å². The van der Waals surface area contributed by atoms with Crippen LogP contribution in [0.1, 0.15) is 36.5 Å². The third-order valence-electron chi connectivity index (χ3n) is 2.93. The van der Waals surface area contributed by atoms with Gasteiger partial charge >= 0.3 is 5.97 Å². The van der Waals surface area contributed by atoms with Gasteiger partial charge in [-0.1, -0.05) is 12.8 Å². The lowest BCUT2D eigenvalue weighted by atomic mass is 10.1. The summed E-state index contributed by atoms with van der Waals surface area (Å²) in [6.07, 6.45) is 3.94. The zero-order valence-electron chi connectivity index (χ0n) is 9.44. The van der Waals surface area contributed by atoms with E-state index < -0.39 is 5.97 Å². The molecule has 0 spiro atoms. The fourth-order valence-electron chi connectivity index (χ4n) is 1.91. The molecule has 3 nitrogen and oxygen atoms in total. The molecule has 1 unspecified atom stereocenters. The van der Waals surface area contributed by atoms with E-state index in [1.165, 1.54) is 19.3 Å². The van der Waals surface area contributed by atoms with Gasteiger partial charge in [-0.2, -0.15) is 0 Å². The van der Waals surface area contributed by atoms with E-state index in [4.69, 9.17) is 5.11 Å².